The summed E-state index contributed by atoms with van der Waals surface area (Å²) in [5.74, 6) is -6.10. The summed E-state index contributed by atoms with van der Waals surface area (Å²) in [7, 11) is 0. The Morgan fingerprint density at radius 2 is 1.59 bits per heavy atom. The molecule has 0 atom stereocenters. The molecule has 3 nitrogen and oxygen atoms in total. The molecule has 0 spiro atoms. The maximum atomic E-state index is 14.3. The first-order valence-electron chi connectivity index (χ1n) is 5.62. The smallest absolute Gasteiger partial charge is 0.309 e. The van der Waals surface area contributed by atoms with Crippen molar-refractivity contribution in [2.75, 3.05) is 0 Å². The van der Waals surface area contributed by atoms with Crippen molar-refractivity contribution < 1.29 is 23.1 Å². The lowest BCUT2D eigenvalue weighted by atomic mass is 10.0. The van der Waals surface area contributed by atoms with Crippen LogP contribution in [0.5, 0.6) is 0 Å². The maximum Gasteiger partial charge on any atom is 0.309 e. The highest BCUT2D eigenvalue weighted by Crippen LogP contribution is 2.40. The number of benzene rings is 1. The van der Waals surface area contributed by atoms with E-state index in [1.807, 2.05) is 0 Å². The van der Waals surface area contributed by atoms with Crippen molar-refractivity contribution in [1.82, 2.24) is 4.98 Å². The van der Waals surface area contributed by atoms with E-state index in [0.29, 0.717) is 0 Å². The lowest BCUT2D eigenvalue weighted by Crippen LogP contribution is -2.10. The molecular weight excluding hydrogens is 366 g/mol. The van der Waals surface area contributed by atoms with Crippen LogP contribution in [0.4, 0.5) is 13.2 Å². The van der Waals surface area contributed by atoms with Crippen molar-refractivity contribution in [1.29, 1.82) is 0 Å². The van der Waals surface area contributed by atoms with Gasteiger partial charge in [-0.2, -0.15) is 4.39 Å². The van der Waals surface area contributed by atoms with Crippen molar-refractivity contribution in [3.63, 3.8) is 0 Å². The van der Waals surface area contributed by atoms with Gasteiger partial charge in [-0.15, -0.1) is 0 Å². The Hall–Kier alpha value is -1.50. The molecule has 22 heavy (non-hydrogen) atoms. The van der Waals surface area contributed by atoms with E-state index < -0.39 is 41.2 Å². The quantitative estimate of drug-likeness (QED) is 0.793. The first kappa shape index (κ1) is 16.9. The number of carbonyl (C=O) groups is 1. The molecule has 0 fully saturated rings. The molecule has 0 aliphatic heterocycles. The fourth-order valence-corrected chi connectivity index (χ4v) is 2.83. The van der Waals surface area contributed by atoms with E-state index in [9.17, 15) is 18.0 Å². The highest BCUT2D eigenvalue weighted by atomic mass is 35.5. The third kappa shape index (κ3) is 3.14. The van der Waals surface area contributed by atoms with Crippen molar-refractivity contribution in [2.24, 2.45) is 0 Å². The molecular formula is C13H5Cl3F3NO2. The van der Waals surface area contributed by atoms with E-state index in [4.69, 9.17) is 39.9 Å². The van der Waals surface area contributed by atoms with Crippen molar-refractivity contribution in [3.8, 4) is 11.1 Å². The third-order valence-electron chi connectivity index (χ3n) is 2.68. The Bertz CT molecular complexity index is 761. The van der Waals surface area contributed by atoms with Crippen LogP contribution in [0.15, 0.2) is 12.1 Å². The summed E-state index contributed by atoms with van der Waals surface area (Å²) in [6.45, 7) is 0. The topological polar surface area (TPSA) is 50.2 Å². The summed E-state index contributed by atoms with van der Waals surface area (Å²) in [4.78, 5) is 13.6. The summed E-state index contributed by atoms with van der Waals surface area (Å²) in [5, 5.41) is 8.34. The Morgan fingerprint density at radius 3 is 2.09 bits per heavy atom. The van der Waals surface area contributed by atoms with Gasteiger partial charge in [-0.05, 0) is 12.1 Å². The van der Waals surface area contributed by atoms with Crippen LogP contribution in [0.25, 0.3) is 11.1 Å². The van der Waals surface area contributed by atoms with Gasteiger partial charge in [0.05, 0.1) is 27.7 Å². The second kappa shape index (κ2) is 6.32. The normalized spacial score (nSPS) is 10.8. The minimum absolute atomic E-state index is 0.111. The lowest BCUT2D eigenvalue weighted by molar-refractivity contribution is -0.136. The molecule has 1 aromatic heterocycles. The van der Waals surface area contributed by atoms with E-state index in [1.165, 1.54) is 12.1 Å². The molecule has 9 heteroatoms. The van der Waals surface area contributed by atoms with E-state index in [1.54, 1.807) is 0 Å². The number of aliphatic carboxylic acids is 1. The first-order chi connectivity index (χ1) is 10.2. The van der Waals surface area contributed by atoms with Gasteiger partial charge in [-0.25, -0.2) is 13.8 Å². The number of carboxylic acid groups (broad SMARTS) is 1. The average Bonchev–Trinajstić information content (AvgIpc) is 2.38. The van der Waals surface area contributed by atoms with Crippen LogP contribution in [0.2, 0.25) is 15.1 Å². The standard InChI is InChI=1S/C13H5Cl3F3NO2/c14-4-1-5(15)9(6(16)2-4)10-11(17)7(3-8(21)22)20-13(19)12(10)18/h1-2H,3H2,(H,21,22). The van der Waals surface area contributed by atoms with Crippen LogP contribution in [-0.2, 0) is 11.2 Å². The lowest BCUT2D eigenvalue weighted by Gasteiger charge is -2.12. The fraction of sp³-hybridized carbons (Fsp3) is 0.0769. The van der Waals surface area contributed by atoms with Gasteiger partial charge in [-0.1, -0.05) is 34.8 Å². The molecule has 1 heterocycles. The van der Waals surface area contributed by atoms with Gasteiger partial charge in [0.15, 0.2) is 11.6 Å². The van der Waals surface area contributed by atoms with Crippen LogP contribution in [-0.4, -0.2) is 16.1 Å². The Morgan fingerprint density at radius 1 is 1.05 bits per heavy atom. The number of carboxylic acids is 1. The fourth-order valence-electron chi connectivity index (χ4n) is 1.82. The van der Waals surface area contributed by atoms with E-state index in [0.717, 1.165) is 0 Å². The minimum atomic E-state index is -1.66. The average molecular weight is 371 g/mol. The molecule has 0 aliphatic carbocycles. The molecule has 1 aromatic carbocycles. The predicted octanol–water partition coefficient (Wildman–Crippen LogP) is 4.75. The van der Waals surface area contributed by atoms with Gasteiger partial charge < -0.3 is 5.11 Å². The molecule has 0 saturated carbocycles. The molecule has 1 N–H and O–H groups in total. The Balaban J connectivity index is 2.80. The molecule has 0 amide bonds. The van der Waals surface area contributed by atoms with Crippen LogP contribution >= 0.6 is 34.8 Å². The van der Waals surface area contributed by atoms with Crippen LogP contribution in [0.1, 0.15) is 5.69 Å². The molecule has 0 bridgehead atoms. The Kier molecular flexibility index (Phi) is 4.84. The molecule has 2 aromatic rings. The zero-order chi connectivity index (χ0) is 16.6. The third-order valence-corrected chi connectivity index (χ3v) is 3.50. The van der Waals surface area contributed by atoms with Crippen LogP contribution < -0.4 is 0 Å². The van der Waals surface area contributed by atoms with Gasteiger partial charge in [0.1, 0.15) is 0 Å². The molecule has 0 saturated heterocycles. The minimum Gasteiger partial charge on any atom is -0.481 e. The van der Waals surface area contributed by atoms with E-state index in [-0.39, 0.29) is 20.6 Å². The van der Waals surface area contributed by atoms with Gasteiger partial charge >= 0.3 is 5.97 Å². The first-order valence-corrected chi connectivity index (χ1v) is 6.75. The summed E-state index contributed by atoms with van der Waals surface area (Å²) in [6.07, 6.45) is -0.932. The molecule has 116 valence electrons. The van der Waals surface area contributed by atoms with E-state index >= 15 is 0 Å². The van der Waals surface area contributed by atoms with Crippen molar-refractivity contribution in [3.05, 3.63) is 50.5 Å². The SMILES string of the molecule is O=C(O)Cc1nc(F)c(F)c(-c2c(Cl)cc(Cl)cc2Cl)c1F. The number of hydrogen-bond acceptors (Lipinski definition) is 2. The Labute approximate surface area is 137 Å². The van der Waals surface area contributed by atoms with Crippen LogP contribution in [0.3, 0.4) is 0 Å². The summed E-state index contributed by atoms with van der Waals surface area (Å²) < 4.78 is 41.8. The summed E-state index contributed by atoms with van der Waals surface area (Å²) >= 11 is 17.4. The molecule has 0 aliphatic rings. The summed E-state index contributed by atoms with van der Waals surface area (Å²) in [5.41, 5.74) is -2.01. The number of rotatable bonds is 3. The molecule has 0 radical (unpaired) electrons. The van der Waals surface area contributed by atoms with Crippen LogP contribution in [0, 0.1) is 17.6 Å². The molecule has 2 rings (SSSR count). The van der Waals surface area contributed by atoms with Crippen molar-refractivity contribution in [2.45, 2.75) is 6.42 Å². The summed E-state index contributed by atoms with van der Waals surface area (Å²) in [6, 6.07) is 2.33. The molecule has 0 unspecified atom stereocenters. The largest absolute Gasteiger partial charge is 0.481 e. The van der Waals surface area contributed by atoms with Gasteiger partial charge in [0.2, 0.25) is 5.95 Å². The predicted molar refractivity (Wildman–Crippen MR) is 75.9 cm³/mol. The van der Waals surface area contributed by atoms with Gasteiger partial charge in [0, 0.05) is 10.6 Å². The maximum absolute atomic E-state index is 14.3. The zero-order valence-electron chi connectivity index (χ0n) is 10.4. The second-order valence-electron chi connectivity index (χ2n) is 4.17. The van der Waals surface area contributed by atoms with Gasteiger partial charge in [0.25, 0.3) is 0 Å². The number of pyridine rings is 1. The highest BCUT2D eigenvalue weighted by Gasteiger charge is 2.26. The number of hydrogen-bond donors (Lipinski definition) is 1. The number of halogens is 6. The van der Waals surface area contributed by atoms with E-state index in [2.05, 4.69) is 4.98 Å². The second-order valence-corrected chi connectivity index (χ2v) is 5.42. The monoisotopic (exact) mass is 369 g/mol. The van der Waals surface area contributed by atoms with Crippen molar-refractivity contribution >= 4 is 40.8 Å². The highest BCUT2D eigenvalue weighted by molar-refractivity contribution is 6.41. The zero-order valence-corrected chi connectivity index (χ0v) is 12.7. The number of nitrogens with zero attached hydrogens (tertiary/aromatic N) is 1. The van der Waals surface area contributed by atoms with Gasteiger partial charge in [-0.3, -0.25) is 4.79 Å². The number of aromatic nitrogens is 1.